The van der Waals surface area contributed by atoms with E-state index < -0.39 is 16.5 Å². The minimum atomic E-state index is -1.11. The summed E-state index contributed by atoms with van der Waals surface area (Å²) in [6, 6.07) is 26.0. The second-order valence-electron chi connectivity index (χ2n) is 10.8. The van der Waals surface area contributed by atoms with Crippen molar-refractivity contribution in [1.82, 2.24) is 24.4 Å². The second kappa shape index (κ2) is 15.1. The molecule has 0 saturated carbocycles. The lowest BCUT2D eigenvalue weighted by Gasteiger charge is -2.36. The van der Waals surface area contributed by atoms with Gasteiger partial charge >= 0.3 is 0 Å². The van der Waals surface area contributed by atoms with Gasteiger partial charge in [-0.1, -0.05) is 54.6 Å². The molecule has 0 unspecified atom stereocenters. The van der Waals surface area contributed by atoms with Gasteiger partial charge in [0.05, 0.1) is 44.5 Å². The largest absolute Gasteiger partial charge is 0.505 e. The van der Waals surface area contributed by atoms with Crippen LogP contribution in [0.1, 0.15) is 22.9 Å². The number of rotatable bonds is 14. The molecule has 0 aliphatic carbocycles. The van der Waals surface area contributed by atoms with E-state index in [9.17, 15) is 9.90 Å². The summed E-state index contributed by atoms with van der Waals surface area (Å²) in [7, 11) is 9.80. The van der Waals surface area contributed by atoms with Gasteiger partial charge in [-0.3, -0.25) is 14.3 Å². The fraction of sp³-hybridized carbons (Fsp3) is 0.257. The van der Waals surface area contributed by atoms with Gasteiger partial charge in [0, 0.05) is 21.2 Å². The summed E-state index contributed by atoms with van der Waals surface area (Å²) in [5.41, 5.74) is 2.76. The van der Waals surface area contributed by atoms with Crippen LogP contribution in [-0.4, -0.2) is 84.2 Å². The fourth-order valence-electron chi connectivity index (χ4n) is 5.30. The average molecular weight is 671 g/mol. The highest BCUT2D eigenvalue weighted by Gasteiger charge is 2.38. The Bertz CT molecular complexity index is 1890. The lowest BCUT2D eigenvalue weighted by Crippen LogP contribution is -2.27. The number of benzene rings is 3. The van der Waals surface area contributed by atoms with Crippen molar-refractivity contribution in [2.24, 2.45) is 4.99 Å². The number of nitrogens with zero attached hydrogens (tertiary/aromatic N) is 5. The summed E-state index contributed by atoms with van der Waals surface area (Å²) in [4.78, 5) is 30.1. The first kappa shape index (κ1) is 34.1. The molecule has 0 radical (unpaired) electrons. The molecule has 250 valence electrons. The van der Waals surface area contributed by atoms with Gasteiger partial charge in [-0.2, -0.15) is 4.98 Å². The molecule has 5 aromatic rings. The Morgan fingerprint density at radius 3 is 2.06 bits per heavy atom. The number of aromatic nitrogens is 4. The number of hydrogen-bond acceptors (Lipinski definition) is 10. The van der Waals surface area contributed by atoms with Gasteiger partial charge in [0.2, 0.25) is 5.95 Å². The molecule has 0 amide bonds. The minimum Gasteiger partial charge on any atom is -0.505 e. The van der Waals surface area contributed by atoms with E-state index in [0.717, 1.165) is 28.2 Å². The lowest BCUT2D eigenvalue weighted by molar-refractivity contribution is 0.0340. The number of thioether (sulfide) groups is 1. The van der Waals surface area contributed by atoms with E-state index in [-0.39, 0.29) is 34.4 Å². The first-order chi connectivity index (χ1) is 23.2. The highest BCUT2D eigenvalue weighted by molar-refractivity contribution is 8.00. The summed E-state index contributed by atoms with van der Waals surface area (Å²) >= 11 is 1.56. The number of aliphatic imine (C=N–C) groups is 1. The number of aliphatic hydroxyl groups excluding tert-OH is 1. The van der Waals surface area contributed by atoms with Crippen LogP contribution in [0.25, 0.3) is 11.2 Å². The number of H-pyrrole nitrogens is 1. The molecule has 13 heteroatoms. The maximum Gasteiger partial charge on any atom is 0.280 e. The Balaban J connectivity index is 1.62. The number of methoxy groups -OCH3 is 4. The van der Waals surface area contributed by atoms with Gasteiger partial charge in [-0.25, -0.2) is 9.98 Å². The van der Waals surface area contributed by atoms with Crippen LogP contribution in [-0.2, 0) is 14.2 Å². The summed E-state index contributed by atoms with van der Waals surface area (Å²) < 4.78 is 23.2. The van der Waals surface area contributed by atoms with Crippen LogP contribution < -0.4 is 15.0 Å². The Morgan fingerprint density at radius 1 is 0.958 bits per heavy atom. The molecule has 0 fully saturated rings. The fourth-order valence-corrected chi connectivity index (χ4v) is 6.82. The second-order valence-corrected chi connectivity index (χ2v) is 12.0. The van der Waals surface area contributed by atoms with Crippen molar-refractivity contribution < 1.29 is 24.1 Å². The van der Waals surface area contributed by atoms with Gasteiger partial charge in [0.15, 0.2) is 23.2 Å². The summed E-state index contributed by atoms with van der Waals surface area (Å²) in [5.74, 6) is 1.80. The van der Waals surface area contributed by atoms with E-state index in [1.165, 1.54) is 31.5 Å². The SMILES string of the molecule is CO/C(CSC(c1ccccc1)(c1ccc(OC)cc1)c1ccc(OC)cc1)=C(\O)[C@H](OC)n1cnc2c(=O)[nH]c(N=CN(C)C)nc21. The maximum atomic E-state index is 12.8. The number of fused-ring (bicyclic) bond motifs is 1. The number of hydrogen-bond donors (Lipinski definition) is 2. The van der Waals surface area contributed by atoms with Crippen LogP contribution in [0.3, 0.4) is 0 Å². The number of nitrogens with one attached hydrogen (secondary N) is 1. The molecule has 1 atom stereocenters. The Hall–Kier alpha value is -5.27. The highest BCUT2D eigenvalue weighted by Crippen LogP contribution is 2.50. The van der Waals surface area contributed by atoms with E-state index in [0.29, 0.717) is 0 Å². The molecule has 0 spiro atoms. The van der Waals surface area contributed by atoms with Crippen molar-refractivity contribution >= 4 is 35.2 Å². The molecule has 48 heavy (non-hydrogen) atoms. The molecule has 5 rings (SSSR count). The third kappa shape index (κ3) is 6.87. The Kier molecular flexibility index (Phi) is 10.7. The van der Waals surface area contributed by atoms with Gasteiger partial charge in [-0.15, -0.1) is 11.8 Å². The monoisotopic (exact) mass is 670 g/mol. The molecule has 0 bridgehead atoms. The molecule has 3 aromatic carbocycles. The first-order valence-electron chi connectivity index (χ1n) is 14.9. The smallest absolute Gasteiger partial charge is 0.280 e. The lowest BCUT2D eigenvalue weighted by atomic mass is 9.84. The molecule has 2 N–H and O–H groups in total. The number of aliphatic hydroxyl groups is 1. The van der Waals surface area contributed by atoms with E-state index in [1.54, 1.807) is 45.0 Å². The van der Waals surface area contributed by atoms with Crippen molar-refractivity contribution in [3.05, 3.63) is 124 Å². The van der Waals surface area contributed by atoms with Crippen LogP contribution in [0.2, 0.25) is 0 Å². The van der Waals surface area contributed by atoms with E-state index in [4.69, 9.17) is 18.9 Å². The molecule has 0 saturated heterocycles. The number of ether oxygens (including phenoxy) is 4. The van der Waals surface area contributed by atoms with Crippen molar-refractivity contribution in [2.45, 2.75) is 11.0 Å². The summed E-state index contributed by atoms with van der Waals surface area (Å²) in [6.45, 7) is 0. The minimum absolute atomic E-state index is 0.0732. The Morgan fingerprint density at radius 2 is 1.54 bits per heavy atom. The van der Waals surface area contributed by atoms with Crippen LogP contribution in [0, 0.1) is 0 Å². The van der Waals surface area contributed by atoms with Crippen LogP contribution in [0.4, 0.5) is 5.95 Å². The number of aromatic amines is 1. The quantitative estimate of drug-likeness (QED) is 0.0661. The molecule has 0 aliphatic rings. The van der Waals surface area contributed by atoms with E-state index >= 15 is 0 Å². The highest BCUT2D eigenvalue weighted by atomic mass is 32.2. The standard InChI is InChI=1S/C35H38N6O6S/c1-40(2)21-37-34-38-31-29(32(43)39-34)36-22-41(31)33(47-6)30(42)28(46-5)20-48-35(23-10-8-7-9-11-23,24-12-16-26(44-3)17-13-24)25-14-18-27(45-4)19-15-25/h7-19,21-22,33,42H,20H2,1-6H3,(H,38,39,43)/b30-28-,37-21?/t33-/m0/s1. The van der Waals surface area contributed by atoms with E-state index in [2.05, 4.69) is 32.1 Å². The summed E-state index contributed by atoms with van der Waals surface area (Å²) in [6.07, 6.45) is 1.79. The third-order valence-corrected chi connectivity index (χ3v) is 9.21. The predicted octanol–water partition coefficient (Wildman–Crippen LogP) is 5.64. The van der Waals surface area contributed by atoms with Gasteiger partial charge in [0.1, 0.15) is 17.3 Å². The Labute approximate surface area is 282 Å². The average Bonchev–Trinajstić information content (AvgIpc) is 3.54. The summed E-state index contributed by atoms with van der Waals surface area (Å²) in [5, 5.41) is 11.7. The molecular weight excluding hydrogens is 632 g/mol. The van der Waals surface area contributed by atoms with E-state index in [1.807, 2.05) is 66.7 Å². The molecule has 12 nitrogen and oxygen atoms in total. The van der Waals surface area contributed by atoms with Crippen LogP contribution >= 0.6 is 11.8 Å². The molecule has 0 aliphatic heterocycles. The van der Waals surface area contributed by atoms with Crippen molar-refractivity contribution in [3.63, 3.8) is 0 Å². The predicted molar refractivity (Wildman–Crippen MR) is 187 cm³/mol. The molecule has 2 heterocycles. The van der Waals surface area contributed by atoms with Gasteiger partial charge < -0.3 is 29.0 Å². The zero-order chi connectivity index (χ0) is 34.3. The van der Waals surface area contributed by atoms with Crippen molar-refractivity contribution in [1.29, 1.82) is 0 Å². The zero-order valence-electron chi connectivity index (χ0n) is 27.6. The molecular formula is C35H38N6O6S. The van der Waals surface area contributed by atoms with Crippen molar-refractivity contribution in [2.75, 3.05) is 48.3 Å². The first-order valence-corrected chi connectivity index (χ1v) is 15.9. The van der Waals surface area contributed by atoms with Gasteiger partial charge in [-0.05, 0) is 41.0 Å². The molecule has 2 aromatic heterocycles. The third-order valence-electron chi connectivity index (χ3n) is 7.67. The normalized spacial score (nSPS) is 13.0. The van der Waals surface area contributed by atoms with Crippen molar-refractivity contribution in [3.8, 4) is 11.5 Å². The number of imidazole rings is 1. The zero-order valence-corrected chi connectivity index (χ0v) is 28.4. The van der Waals surface area contributed by atoms with Gasteiger partial charge in [0.25, 0.3) is 5.56 Å². The maximum absolute atomic E-state index is 12.8. The topological polar surface area (TPSA) is 136 Å². The van der Waals surface area contributed by atoms with Crippen LogP contribution in [0.5, 0.6) is 11.5 Å². The van der Waals surface area contributed by atoms with Crippen LogP contribution in [0.15, 0.2) is 106 Å².